The zero-order valence-electron chi connectivity index (χ0n) is 10.6. The Morgan fingerprint density at radius 1 is 1.50 bits per heavy atom. The normalized spacial score (nSPS) is 9.85. The molecule has 1 heterocycles. The molecule has 6 heteroatoms. The highest BCUT2D eigenvalue weighted by Gasteiger charge is 2.15. The third-order valence-electron chi connectivity index (χ3n) is 2.69. The van der Waals surface area contributed by atoms with Gasteiger partial charge in [-0.3, -0.25) is 0 Å². The van der Waals surface area contributed by atoms with Gasteiger partial charge in [0, 0.05) is 17.8 Å². The van der Waals surface area contributed by atoms with Crippen LogP contribution in [0.3, 0.4) is 0 Å². The molecule has 0 fully saturated rings. The molecule has 0 atom stereocenters. The van der Waals surface area contributed by atoms with Crippen LogP contribution in [0.2, 0.25) is 0 Å². The van der Waals surface area contributed by atoms with Crippen LogP contribution in [0.4, 0.5) is 10.1 Å². The second-order valence-electron chi connectivity index (χ2n) is 3.93. The third-order valence-corrected chi connectivity index (χ3v) is 2.69. The summed E-state index contributed by atoms with van der Waals surface area (Å²) in [5.41, 5.74) is 1.13. The monoisotopic (exact) mass is 274 g/mol. The van der Waals surface area contributed by atoms with E-state index < -0.39 is 11.8 Å². The highest BCUT2D eigenvalue weighted by atomic mass is 19.1. The van der Waals surface area contributed by atoms with E-state index in [4.69, 9.17) is 9.68 Å². The Hall–Kier alpha value is -2.81. The number of hydrogen-bond acceptors (Lipinski definition) is 5. The molecule has 5 nitrogen and oxygen atoms in total. The first-order valence-corrected chi connectivity index (χ1v) is 5.74. The molecular weight excluding hydrogens is 263 g/mol. The van der Waals surface area contributed by atoms with Crippen LogP contribution in [-0.4, -0.2) is 13.1 Å². The Bertz CT molecular complexity index is 673. The van der Waals surface area contributed by atoms with Crippen molar-refractivity contribution in [2.24, 2.45) is 0 Å². The molecule has 1 aromatic carbocycles. The Morgan fingerprint density at radius 3 is 3.00 bits per heavy atom. The van der Waals surface area contributed by atoms with Gasteiger partial charge in [-0.2, -0.15) is 5.26 Å². The maximum Gasteiger partial charge on any atom is 0.374 e. The molecule has 0 aliphatic carbocycles. The van der Waals surface area contributed by atoms with Gasteiger partial charge in [0.25, 0.3) is 0 Å². The highest BCUT2D eigenvalue weighted by Crippen LogP contribution is 2.17. The van der Waals surface area contributed by atoms with Crippen molar-refractivity contribution in [1.82, 2.24) is 0 Å². The van der Waals surface area contributed by atoms with Gasteiger partial charge >= 0.3 is 5.97 Å². The number of nitrogens with zero attached hydrogens (tertiary/aromatic N) is 1. The fraction of sp³-hybridized carbons (Fsp3) is 0.143. The molecule has 0 unspecified atom stereocenters. The molecule has 0 bridgehead atoms. The Kier molecular flexibility index (Phi) is 4.01. The second-order valence-corrected chi connectivity index (χ2v) is 3.93. The fourth-order valence-electron chi connectivity index (χ4n) is 1.66. The van der Waals surface area contributed by atoms with Crippen LogP contribution in [0, 0.1) is 17.1 Å². The smallest absolute Gasteiger partial charge is 0.374 e. The van der Waals surface area contributed by atoms with Crippen LogP contribution in [0.1, 0.15) is 21.7 Å². The van der Waals surface area contributed by atoms with Crippen molar-refractivity contribution >= 4 is 11.7 Å². The van der Waals surface area contributed by atoms with E-state index in [1.807, 2.05) is 0 Å². The Labute approximate surface area is 114 Å². The van der Waals surface area contributed by atoms with Crippen LogP contribution >= 0.6 is 0 Å². The van der Waals surface area contributed by atoms with E-state index in [-0.39, 0.29) is 17.9 Å². The zero-order chi connectivity index (χ0) is 14.5. The molecule has 1 aromatic heterocycles. The first-order chi connectivity index (χ1) is 9.65. The van der Waals surface area contributed by atoms with Crippen LogP contribution < -0.4 is 5.32 Å². The van der Waals surface area contributed by atoms with E-state index >= 15 is 0 Å². The first-order valence-electron chi connectivity index (χ1n) is 5.74. The molecule has 0 radical (unpaired) electrons. The summed E-state index contributed by atoms with van der Waals surface area (Å²) < 4.78 is 22.8. The lowest BCUT2D eigenvalue weighted by molar-refractivity contribution is 0.0563. The van der Waals surface area contributed by atoms with E-state index in [1.165, 1.54) is 31.6 Å². The van der Waals surface area contributed by atoms with Gasteiger partial charge < -0.3 is 14.5 Å². The van der Waals surface area contributed by atoms with Gasteiger partial charge in [-0.1, -0.05) is 0 Å². The number of carbonyl (C=O) groups is 1. The van der Waals surface area contributed by atoms with E-state index in [0.717, 1.165) is 0 Å². The van der Waals surface area contributed by atoms with Crippen LogP contribution in [0.15, 0.2) is 34.9 Å². The Balaban J connectivity index is 2.12. The van der Waals surface area contributed by atoms with Gasteiger partial charge in [-0.25, -0.2) is 9.18 Å². The lowest BCUT2D eigenvalue weighted by atomic mass is 10.2. The maximum absolute atomic E-state index is 13.2. The predicted octanol–water partition coefficient (Wildman–Crippen LogP) is 2.69. The quantitative estimate of drug-likeness (QED) is 0.867. The van der Waals surface area contributed by atoms with E-state index in [9.17, 15) is 9.18 Å². The van der Waals surface area contributed by atoms with Crippen molar-refractivity contribution in [2.45, 2.75) is 6.54 Å². The topological polar surface area (TPSA) is 75.3 Å². The number of rotatable bonds is 4. The lowest BCUT2D eigenvalue weighted by Gasteiger charge is -2.06. The minimum absolute atomic E-state index is 0.0459. The number of furan rings is 1. The summed E-state index contributed by atoms with van der Waals surface area (Å²) in [6.45, 7) is 0.289. The van der Waals surface area contributed by atoms with Crippen LogP contribution in [-0.2, 0) is 11.3 Å². The molecule has 0 amide bonds. The van der Waals surface area contributed by atoms with E-state index in [2.05, 4.69) is 10.1 Å². The standard InChI is InChI=1S/C14H11FN2O3/c1-19-14(18)13-9(4-5-20-13)8-17-11-2-3-12(15)10(6-11)7-16/h2-6,17H,8H2,1H3. The molecule has 0 aliphatic rings. The number of hydrogen-bond donors (Lipinski definition) is 1. The summed E-state index contributed by atoms with van der Waals surface area (Å²) in [5.74, 6) is -1.03. The lowest BCUT2D eigenvalue weighted by Crippen LogP contribution is -2.07. The summed E-state index contributed by atoms with van der Waals surface area (Å²) in [5, 5.41) is 11.7. The Morgan fingerprint density at radius 2 is 2.30 bits per heavy atom. The van der Waals surface area contributed by atoms with Crippen molar-refractivity contribution in [1.29, 1.82) is 5.26 Å². The largest absolute Gasteiger partial charge is 0.463 e. The summed E-state index contributed by atoms with van der Waals surface area (Å²) in [4.78, 5) is 11.4. The number of anilines is 1. The predicted molar refractivity (Wildman–Crippen MR) is 68.5 cm³/mol. The molecule has 2 aromatic rings. The average molecular weight is 274 g/mol. The van der Waals surface area contributed by atoms with E-state index in [0.29, 0.717) is 11.3 Å². The van der Waals surface area contributed by atoms with Crippen molar-refractivity contribution < 1.29 is 18.3 Å². The minimum atomic E-state index is -0.573. The number of benzene rings is 1. The molecule has 102 valence electrons. The molecule has 0 saturated carbocycles. The maximum atomic E-state index is 13.2. The summed E-state index contributed by atoms with van der Waals surface area (Å²) in [7, 11) is 1.27. The van der Waals surface area contributed by atoms with Gasteiger partial charge in [-0.15, -0.1) is 0 Å². The average Bonchev–Trinajstić information content (AvgIpc) is 2.94. The number of nitrogens with one attached hydrogen (secondary N) is 1. The van der Waals surface area contributed by atoms with Crippen LogP contribution in [0.5, 0.6) is 0 Å². The summed E-state index contributed by atoms with van der Waals surface area (Å²) in [6.07, 6.45) is 1.38. The number of halogens is 1. The van der Waals surface area contributed by atoms with Crippen LogP contribution in [0.25, 0.3) is 0 Å². The van der Waals surface area contributed by atoms with Crippen molar-refractivity contribution in [3.63, 3.8) is 0 Å². The molecule has 1 N–H and O–H groups in total. The van der Waals surface area contributed by atoms with Gasteiger partial charge in [0.15, 0.2) is 0 Å². The third kappa shape index (κ3) is 2.78. The van der Waals surface area contributed by atoms with Crippen molar-refractivity contribution in [3.05, 3.63) is 53.2 Å². The molecular formula is C14H11FN2O3. The molecule has 2 rings (SSSR count). The fourth-order valence-corrected chi connectivity index (χ4v) is 1.66. The molecule has 20 heavy (non-hydrogen) atoms. The highest BCUT2D eigenvalue weighted by molar-refractivity contribution is 5.87. The molecule has 0 spiro atoms. The van der Waals surface area contributed by atoms with Gasteiger partial charge in [0.2, 0.25) is 5.76 Å². The van der Waals surface area contributed by atoms with Crippen molar-refractivity contribution in [3.8, 4) is 6.07 Å². The van der Waals surface area contributed by atoms with Crippen molar-refractivity contribution in [2.75, 3.05) is 12.4 Å². The molecule has 0 aliphatic heterocycles. The summed E-state index contributed by atoms with van der Waals surface area (Å²) >= 11 is 0. The number of nitriles is 1. The first kappa shape index (κ1) is 13.6. The SMILES string of the molecule is COC(=O)c1occc1CNc1ccc(F)c(C#N)c1. The summed E-state index contributed by atoms with van der Waals surface area (Å²) in [6, 6.07) is 7.50. The number of carbonyl (C=O) groups excluding carboxylic acids is 1. The van der Waals surface area contributed by atoms with Gasteiger partial charge in [0.1, 0.15) is 11.9 Å². The zero-order valence-corrected chi connectivity index (χ0v) is 10.6. The minimum Gasteiger partial charge on any atom is -0.463 e. The van der Waals surface area contributed by atoms with Gasteiger partial charge in [-0.05, 0) is 24.3 Å². The second kappa shape index (κ2) is 5.89. The van der Waals surface area contributed by atoms with E-state index in [1.54, 1.807) is 12.1 Å². The number of methoxy groups -OCH3 is 1. The number of esters is 1. The van der Waals surface area contributed by atoms with Gasteiger partial charge in [0.05, 0.1) is 18.9 Å². The molecule has 0 saturated heterocycles. The number of ether oxygens (including phenoxy) is 1.